The molecule has 0 aliphatic heterocycles. The van der Waals surface area contributed by atoms with Crippen molar-refractivity contribution in [2.24, 2.45) is 12.8 Å². The monoisotopic (exact) mass is 281 g/mol. The van der Waals surface area contributed by atoms with E-state index in [-0.39, 0.29) is 5.82 Å². The molecule has 5 heteroatoms. The highest BCUT2D eigenvalue weighted by Gasteiger charge is 2.25. The van der Waals surface area contributed by atoms with Crippen LogP contribution in [0.4, 0.5) is 4.39 Å². The lowest BCUT2D eigenvalue weighted by Gasteiger charge is -2.25. The van der Waals surface area contributed by atoms with Crippen molar-refractivity contribution in [3.8, 4) is 0 Å². The smallest absolute Gasteiger partial charge is 0.130 e. The number of benzene rings is 1. The van der Waals surface area contributed by atoms with Gasteiger partial charge in [0, 0.05) is 18.2 Å². The van der Waals surface area contributed by atoms with E-state index in [9.17, 15) is 4.39 Å². The minimum absolute atomic E-state index is 0.268. The molecule has 2 rings (SSSR count). The summed E-state index contributed by atoms with van der Waals surface area (Å²) in [5.41, 5.74) is 8.39. The Kier molecular flexibility index (Phi) is 3.65. The number of nitrogens with zero attached hydrogens (tertiary/aromatic N) is 2. The van der Waals surface area contributed by atoms with Crippen LogP contribution in [0.2, 0.25) is 5.15 Å². The molecule has 0 radical (unpaired) electrons. The van der Waals surface area contributed by atoms with Crippen LogP contribution < -0.4 is 5.73 Å². The summed E-state index contributed by atoms with van der Waals surface area (Å²) < 4.78 is 14.6. The molecule has 0 aliphatic carbocycles. The summed E-state index contributed by atoms with van der Waals surface area (Å²) in [6.07, 6.45) is 0.553. The predicted octanol–water partition coefficient (Wildman–Crippen LogP) is 2.94. The van der Waals surface area contributed by atoms with Crippen LogP contribution in [-0.2, 0) is 19.0 Å². The number of rotatable bonds is 3. The SMILES string of the molecule is Cc1nn(C)c(Cl)c1CC(C)(N)c1ccc(F)cc1. The summed E-state index contributed by atoms with van der Waals surface area (Å²) in [5, 5.41) is 4.87. The molecule has 0 bridgehead atoms. The van der Waals surface area contributed by atoms with E-state index in [2.05, 4.69) is 5.10 Å². The van der Waals surface area contributed by atoms with Crippen molar-refractivity contribution in [3.05, 3.63) is 52.1 Å². The summed E-state index contributed by atoms with van der Waals surface area (Å²) >= 11 is 6.22. The molecule has 0 aliphatic rings. The molecule has 102 valence electrons. The molecular formula is C14H17ClFN3. The summed E-state index contributed by atoms with van der Waals surface area (Å²) in [7, 11) is 1.80. The van der Waals surface area contributed by atoms with E-state index >= 15 is 0 Å². The fourth-order valence-electron chi connectivity index (χ4n) is 2.17. The van der Waals surface area contributed by atoms with Crippen molar-refractivity contribution in [1.82, 2.24) is 9.78 Å². The Bertz CT molecular complexity index is 587. The topological polar surface area (TPSA) is 43.8 Å². The molecule has 19 heavy (non-hydrogen) atoms. The van der Waals surface area contributed by atoms with Crippen molar-refractivity contribution in [3.63, 3.8) is 0 Å². The number of hydrogen-bond acceptors (Lipinski definition) is 2. The van der Waals surface area contributed by atoms with Crippen LogP contribution in [0.5, 0.6) is 0 Å². The van der Waals surface area contributed by atoms with Crippen molar-refractivity contribution in [2.75, 3.05) is 0 Å². The number of aryl methyl sites for hydroxylation is 2. The predicted molar refractivity (Wildman–Crippen MR) is 74.6 cm³/mol. The van der Waals surface area contributed by atoms with E-state index in [1.165, 1.54) is 12.1 Å². The van der Waals surface area contributed by atoms with Gasteiger partial charge in [0.1, 0.15) is 11.0 Å². The Morgan fingerprint density at radius 1 is 1.37 bits per heavy atom. The molecule has 0 saturated heterocycles. The first kappa shape index (κ1) is 14.0. The molecule has 1 unspecified atom stereocenters. The standard InChI is InChI=1S/C14H17ClFN3/c1-9-12(13(15)19(3)18-9)8-14(2,17)10-4-6-11(16)7-5-10/h4-7H,8,17H2,1-3H3. The molecule has 0 amide bonds. The largest absolute Gasteiger partial charge is 0.321 e. The lowest BCUT2D eigenvalue weighted by molar-refractivity contribution is 0.488. The number of nitrogens with two attached hydrogens (primary N) is 1. The maximum atomic E-state index is 13.0. The van der Waals surface area contributed by atoms with E-state index in [4.69, 9.17) is 17.3 Å². The van der Waals surface area contributed by atoms with Gasteiger partial charge in [-0.25, -0.2) is 4.39 Å². The fraction of sp³-hybridized carbons (Fsp3) is 0.357. The van der Waals surface area contributed by atoms with Gasteiger partial charge in [-0.3, -0.25) is 4.68 Å². The molecular weight excluding hydrogens is 265 g/mol. The zero-order valence-electron chi connectivity index (χ0n) is 11.2. The van der Waals surface area contributed by atoms with Crippen molar-refractivity contribution in [1.29, 1.82) is 0 Å². The molecule has 3 nitrogen and oxygen atoms in total. The Labute approximate surface area is 117 Å². The second-order valence-corrected chi connectivity index (χ2v) is 5.44. The van der Waals surface area contributed by atoms with Gasteiger partial charge in [0.2, 0.25) is 0 Å². The second kappa shape index (κ2) is 4.94. The molecule has 1 aromatic heterocycles. The maximum Gasteiger partial charge on any atom is 0.130 e. The number of hydrogen-bond donors (Lipinski definition) is 1. The highest BCUT2D eigenvalue weighted by atomic mass is 35.5. The van der Waals surface area contributed by atoms with Crippen LogP contribution in [0.3, 0.4) is 0 Å². The Morgan fingerprint density at radius 2 is 1.95 bits per heavy atom. The molecule has 0 fully saturated rings. The summed E-state index contributed by atoms with van der Waals surface area (Å²) in [4.78, 5) is 0. The molecule has 0 spiro atoms. The van der Waals surface area contributed by atoms with Gasteiger partial charge in [-0.2, -0.15) is 5.10 Å². The molecule has 0 saturated carbocycles. The van der Waals surface area contributed by atoms with Gasteiger partial charge in [-0.15, -0.1) is 0 Å². The first-order valence-corrected chi connectivity index (χ1v) is 6.42. The zero-order valence-corrected chi connectivity index (χ0v) is 12.0. The van der Waals surface area contributed by atoms with E-state index < -0.39 is 5.54 Å². The third-order valence-corrected chi connectivity index (χ3v) is 3.79. The van der Waals surface area contributed by atoms with E-state index in [0.29, 0.717) is 11.6 Å². The van der Waals surface area contributed by atoms with Crippen LogP contribution >= 0.6 is 11.6 Å². The van der Waals surface area contributed by atoms with Crippen molar-refractivity contribution >= 4 is 11.6 Å². The van der Waals surface area contributed by atoms with Gasteiger partial charge in [0.25, 0.3) is 0 Å². The van der Waals surface area contributed by atoms with Gasteiger partial charge in [0.05, 0.1) is 5.69 Å². The van der Waals surface area contributed by atoms with Gasteiger partial charge in [-0.05, 0) is 38.0 Å². The van der Waals surface area contributed by atoms with E-state index in [0.717, 1.165) is 16.8 Å². The molecule has 2 N–H and O–H groups in total. The highest BCUT2D eigenvalue weighted by molar-refractivity contribution is 6.30. The average molecular weight is 282 g/mol. The highest BCUT2D eigenvalue weighted by Crippen LogP contribution is 2.28. The third-order valence-electron chi connectivity index (χ3n) is 3.32. The van der Waals surface area contributed by atoms with Crippen LogP contribution in [0.25, 0.3) is 0 Å². The zero-order chi connectivity index (χ0) is 14.2. The van der Waals surface area contributed by atoms with E-state index in [1.807, 2.05) is 13.8 Å². The van der Waals surface area contributed by atoms with Crippen LogP contribution in [0.15, 0.2) is 24.3 Å². The lowest BCUT2D eigenvalue weighted by atomic mass is 9.87. The Balaban J connectivity index is 2.33. The Hall–Kier alpha value is -1.39. The molecule has 2 aromatic rings. The summed E-state index contributed by atoms with van der Waals surface area (Å²) in [6, 6.07) is 6.24. The third kappa shape index (κ3) is 2.80. The van der Waals surface area contributed by atoms with Crippen molar-refractivity contribution in [2.45, 2.75) is 25.8 Å². The minimum atomic E-state index is -0.620. The van der Waals surface area contributed by atoms with Crippen LogP contribution in [-0.4, -0.2) is 9.78 Å². The van der Waals surface area contributed by atoms with Crippen LogP contribution in [0.1, 0.15) is 23.7 Å². The van der Waals surface area contributed by atoms with Gasteiger partial charge >= 0.3 is 0 Å². The normalized spacial score (nSPS) is 14.4. The first-order chi connectivity index (χ1) is 8.81. The van der Waals surface area contributed by atoms with Gasteiger partial charge in [0.15, 0.2) is 0 Å². The Morgan fingerprint density at radius 3 is 2.42 bits per heavy atom. The molecule has 1 heterocycles. The quantitative estimate of drug-likeness (QED) is 0.940. The van der Waals surface area contributed by atoms with Gasteiger partial charge < -0.3 is 5.73 Å². The lowest BCUT2D eigenvalue weighted by Crippen LogP contribution is -2.35. The van der Waals surface area contributed by atoms with E-state index in [1.54, 1.807) is 23.9 Å². The first-order valence-electron chi connectivity index (χ1n) is 6.04. The summed E-state index contributed by atoms with van der Waals surface area (Å²) in [6.45, 7) is 3.81. The molecule has 1 aromatic carbocycles. The van der Waals surface area contributed by atoms with Crippen molar-refractivity contribution < 1.29 is 4.39 Å². The van der Waals surface area contributed by atoms with Crippen LogP contribution in [0, 0.1) is 12.7 Å². The average Bonchev–Trinajstić information content (AvgIpc) is 2.56. The fourth-order valence-corrected chi connectivity index (χ4v) is 2.42. The second-order valence-electron chi connectivity index (χ2n) is 5.08. The number of aromatic nitrogens is 2. The summed E-state index contributed by atoms with van der Waals surface area (Å²) in [5.74, 6) is -0.268. The minimum Gasteiger partial charge on any atom is -0.321 e. The molecule has 1 atom stereocenters. The number of halogens is 2. The van der Waals surface area contributed by atoms with Gasteiger partial charge in [-0.1, -0.05) is 23.7 Å². The maximum absolute atomic E-state index is 13.0.